The summed E-state index contributed by atoms with van der Waals surface area (Å²) in [5, 5.41) is 6.51. The van der Waals surface area contributed by atoms with Crippen LogP contribution in [0.1, 0.15) is 26.7 Å². The molecule has 176 valence electrons. The molecule has 0 radical (unpaired) electrons. The summed E-state index contributed by atoms with van der Waals surface area (Å²) < 4.78 is 0. The van der Waals surface area contributed by atoms with E-state index in [1.807, 2.05) is 0 Å². The minimum Gasteiger partial charge on any atom is -0.388 e. The van der Waals surface area contributed by atoms with Gasteiger partial charge in [-0.25, -0.2) is 0 Å². The van der Waals surface area contributed by atoms with Crippen LogP contribution in [0.3, 0.4) is 0 Å². The first-order chi connectivity index (χ1) is 14.3. The summed E-state index contributed by atoms with van der Waals surface area (Å²) in [5.74, 6) is 5.03. The summed E-state index contributed by atoms with van der Waals surface area (Å²) in [7, 11) is 0. The molecule has 2 unspecified atom stereocenters. The topological polar surface area (TPSA) is 170 Å². The summed E-state index contributed by atoms with van der Waals surface area (Å²) in [6.45, 7) is 7.77. The first kappa shape index (κ1) is 29.1. The Hall–Kier alpha value is -0.850. The van der Waals surface area contributed by atoms with Crippen molar-refractivity contribution >= 4 is 41.0 Å². The molecule has 11 heteroatoms. The van der Waals surface area contributed by atoms with Gasteiger partial charge in [0.1, 0.15) is 5.78 Å². The highest BCUT2D eigenvalue weighted by Crippen LogP contribution is 2.02. The Morgan fingerprint density at radius 1 is 0.833 bits per heavy atom. The Morgan fingerprint density at radius 2 is 1.23 bits per heavy atom. The van der Waals surface area contributed by atoms with Crippen molar-refractivity contribution < 1.29 is 4.79 Å². The van der Waals surface area contributed by atoms with Crippen LogP contribution in [0.4, 0.5) is 0 Å². The van der Waals surface area contributed by atoms with E-state index >= 15 is 0 Å². The first-order valence-corrected chi connectivity index (χ1v) is 12.7. The van der Waals surface area contributed by atoms with Crippen LogP contribution in [0.25, 0.3) is 0 Å². The van der Waals surface area contributed by atoms with Crippen LogP contribution in [0.2, 0.25) is 0 Å². The number of amidine groups is 2. The molecule has 9 nitrogen and oxygen atoms in total. The molecule has 0 bridgehead atoms. The average molecular weight is 463 g/mol. The molecule has 0 aromatic heterocycles. The van der Waals surface area contributed by atoms with Gasteiger partial charge in [-0.15, -0.1) is 0 Å². The molecule has 0 saturated carbocycles. The number of nitrogens with two attached hydrogens (primary N) is 4. The molecule has 2 atom stereocenters. The van der Waals surface area contributed by atoms with Crippen molar-refractivity contribution in [2.75, 3.05) is 62.3 Å². The van der Waals surface area contributed by atoms with Gasteiger partial charge in [0.25, 0.3) is 0 Å². The minimum absolute atomic E-state index is 0.0696. The quantitative estimate of drug-likeness (QED) is 0.0784. The van der Waals surface area contributed by atoms with E-state index in [4.69, 9.17) is 22.9 Å². The number of ketones is 1. The fourth-order valence-electron chi connectivity index (χ4n) is 2.32. The van der Waals surface area contributed by atoms with E-state index in [9.17, 15) is 4.79 Å². The van der Waals surface area contributed by atoms with Crippen LogP contribution >= 0.6 is 23.5 Å². The zero-order valence-corrected chi connectivity index (χ0v) is 20.2. The normalized spacial score (nSPS) is 14.7. The fourth-order valence-corrected chi connectivity index (χ4v) is 3.93. The lowest BCUT2D eigenvalue weighted by molar-refractivity contribution is -0.118. The molecule has 0 saturated heterocycles. The SMILES string of the molecule is CC(N)=NCCSCC(N)CNCCC(=O)CCNCC(N)CSCCN=C(C)N. The van der Waals surface area contributed by atoms with E-state index < -0.39 is 0 Å². The van der Waals surface area contributed by atoms with Crippen LogP contribution in [0.5, 0.6) is 0 Å². The number of nitrogens with one attached hydrogen (secondary N) is 2. The number of hydrogen-bond acceptors (Lipinski definition) is 9. The molecule has 0 aromatic rings. The Balaban J connectivity index is 3.50. The molecule has 0 aromatic carbocycles. The highest BCUT2D eigenvalue weighted by Gasteiger charge is 2.06. The van der Waals surface area contributed by atoms with Crippen LogP contribution in [0, 0.1) is 0 Å². The molecule has 0 amide bonds. The van der Waals surface area contributed by atoms with Crippen molar-refractivity contribution in [2.45, 2.75) is 38.8 Å². The van der Waals surface area contributed by atoms with Gasteiger partial charge in [-0.2, -0.15) is 23.5 Å². The lowest BCUT2D eigenvalue weighted by atomic mass is 10.2. The van der Waals surface area contributed by atoms with Gasteiger partial charge < -0.3 is 33.6 Å². The molecular formula is C19H42N8OS2. The molecule has 30 heavy (non-hydrogen) atoms. The van der Waals surface area contributed by atoms with Crippen molar-refractivity contribution in [1.82, 2.24) is 10.6 Å². The maximum absolute atomic E-state index is 11.9. The average Bonchev–Trinajstić information content (AvgIpc) is 2.67. The molecule has 0 aliphatic rings. The van der Waals surface area contributed by atoms with E-state index in [0.717, 1.165) is 36.1 Å². The van der Waals surface area contributed by atoms with E-state index in [0.29, 0.717) is 50.7 Å². The molecular weight excluding hydrogens is 420 g/mol. The Morgan fingerprint density at radius 3 is 1.60 bits per heavy atom. The highest BCUT2D eigenvalue weighted by molar-refractivity contribution is 7.99. The lowest BCUT2D eigenvalue weighted by Crippen LogP contribution is -2.37. The standard InChI is InChI=1S/C19H42N8OS2/c1-15(20)26-7-9-29-13-17(22)11-24-5-3-19(28)4-6-25-12-18(23)14-30-10-8-27-16(2)21/h17-18,24-25H,3-14,22-23H2,1-2H3,(H2,20,26)(H2,21,27). The highest BCUT2D eigenvalue weighted by atomic mass is 32.2. The summed E-state index contributed by atoms with van der Waals surface area (Å²) in [5.41, 5.74) is 23.1. The van der Waals surface area contributed by atoms with Gasteiger partial charge in [0, 0.05) is 87.2 Å². The number of hydrogen-bond donors (Lipinski definition) is 6. The van der Waals surface area contributed by atoms with Gasteiger partial charge in [-0.05, 0) is 13.8 Å². The molecule has 0 rings (SSSR count). The van der Waals surface area contributed by atoms with Gasteiger partial charge in [0.15, 0.2) is 0 Å². The van der Waals surface area contributed by atoms with Crippen LogP contribution in [0.15, 0.2) is 9.98 Å². The molecule has 0 spiro atoms. The third kappa shape index (κ3) is 21.8. The smallest absolute Gasteiger partial charge is 0.135 e. The van der Waals surface area contributed by atoms with Gasteiger partial charge in [0.05, 0.1) is 11.7 Å². The summed E-state index contributed by atoms with van der Waals surface area (Å²) >= 11 is 3.53. The number of carbonyl (C=O) groups is 1. The van der Waals surface area contributed by atoms with Crippen LogP contribution < -0.4 is 33.6 Å². The number of thioether (sulfide) groups is 2. The Labute approximate surface area is 190 Å². The van der Waals surface area contributed by atoms with Crippen molar-refractivity contribution in [3.63, 3.8) is 0 Å². The molecule has 0 aliphatic carbocycles. The minimum atomic E-state index is 0.0696. The Kier molecular flexibility index (Phi) is 19.5. The van der Waals surface area contributed by atoms with E-state index in [-0.39, 0.29) is 17.9 Å². The van der Waals surface area contributed by atoms with Crippen molar-refractivity contribution in [2.24, 2.45) is 32.9 Å². The molecule has 0 fully saturated rings. The monoisotopic (exact) mass is 462 g/mol. The zero-order valence-electron chi connectivity index (χ0n) is 18.6. The summed E-state index contributed by atoms with van der Waals surface area (Å²) in [4.78, 5) is 20.2. The molecule has 10 N–H and O–H groups in total. The zero-order chi connectivity index (χ0) is 22.6. The molecule has 0 heterocycles. The number of aliphatic imine (C=N–C) groups is 2. The van der Waals surface area contributed by atoms with E-state index in [2.05, 4.69) is 20.6 Å². The second kappa shape index (κ2) is 20.1. The second-order valence-corrected chi connectivity index (χ2v) is 9.46. The van der Waals surface area contributed by atoms with Crippen molar-refractivity contribution in [3.05, 3.63) is 0 Å². The van der Waals surface area contributed by atoms with Crippen LogP contribution in [-0.4, -0.2) is 91.8 Å². The first-order valence-electron chi connectivity index (χ1n) is 10.4. The second-order valence-electron chi connectivity index (χ2n) is 7.16. The van der Waals surface area contributed by atoms with Crippen LogP contribution in [-0.2, 0) is 4.79 Å². The maximum atomic E-state index is 11.9. The Bertz CT molecular complexity index is 455. The van der Waals surface area contributed by atoms with Gasteiger partial charge in [0.2, 0.25) is 0 Å². The number of Topliss-reactive ketones (excluding diaryl/α,β-unsaturated/α-hetero) is 1. The van der Waals surface area contributed by atoms with Crippen molar-refractivity contribution in [1.29, 1.82) is 0 Å². The molecule has 0 aliphatic heterocycles. The third-order valence-corrected chi connectivity index (χ3v) is 6.10. The van der Waals surface area contributed by atoms with Gasteiger partial charge in [-0.1, -0.05) is 0 Å². The van der Waals surface area contributed by atoms with Crippen molar-refractivity contribution in [3.8, 4) is 0 Å². The predicted molar refractivity (Wildman–Crippen MR) is 135 cm³/mol. The number of rotatable bonds is 20. The number of nitrogens with zero attached hydrogens (tertiary/aromatic N) is 2. The largest absolute Gasteiger partial charge is 0.388 e. The summed E-state index contributed by atoms with van der Waals surface area (Å²) in [6.07, 6.45) is 1.05. The summed E-state index contributed by atoms with van der Waals surface area (Å²) in [6, 6.07) is 0.139. The van der Waals surface area contributed by atoms with Gasteiger partial charge in [-0.3, -0.25) is 14.8 Å². The van der Waals surface area contributed by atoms with Gasteiger partial charge >= 0.3 is 0 Å². The van der Waals surface area contributed by atoms with E-state index in [1.54, 1.807) is 37.4 Å². The lowest BCUT2D eigenvalue weighted by Gasteiger charge is -2.13. The fraction of sp³-hybridized carbons (Fsp3) is 0.842. The maximum Gasteiger partial charge on any atom is 0.135 e. The van der Waals surface area contributed by atoms with E-state index in [1.165, 1.54) is 0 Å². The predicted octanol–water partition coefficient (Wildman–Crippen LogP) is -0.610. The number of carbonyl (C=O) groups excluding carboxylic acids is 1. The third-order valence-electron chi connectivity index (χ3n) is 3.83.